The molecule has 0 bridgehead atoms. The Hall–Kier alpha value is 0. The van der Waals surface area contributed by atoms with Crippen molar-refractivity contribution >= 4 is 0 Å². The zero-order valence-electron chi connectivity index (χ0n) is 9.03. The molecule has 0 N–H and O–H groups in total. The minimum Gasteiger partial charge on any atom is -0.0654 e. The quantitative estimate of drug-likeness (QED) is 0.571. The Morgan fingerprint density at radius 3 is 2.33 bits per heavy atom. The van der Waals surface area contributed by atoms with Gasteiger partial charge in [-0.15, -0.1) is 0 Å². The van der Waals surface area contributed by atoms with Crippen molar-refractivity contribution in [3.63, 3.8) is 0 Å². The van der Waals surface area contributed by atoms with Crippen molar-refractivity contribution in [3.05, 3.63) is 0 Å². The summed E-state index contributed by atoms with van der Waals surface area (Å²) in [7, 11) is 0. The molecule has 12 heavy (non-hydrogen) atoms. The first-order valence-corrected chi connectivity index (χ1v) is 5.70. The van der Waals surface area contributed by atoms with Gasteiger partial charge < -0.3 is 0 Å². The molecule has 1 aliphatic rings. The first kappa shape index (κ1) is 10.1. The average Bonchev–Trinajstić information content (AvgIpc) is 1.97. The minimum absolute atomic E-state index is 0.743. The lowest BCUT2D eigenvalue weighted by Gasteiger charge is -2.45. The summed E-state index contributed by atoms with van der Waals surface area (Å²) < 4.78 is 0. The molecule has 0 amide bonds. The molecule has 1 fully saturated rings. The number of hydrogen-bond donors (Lipinski definition) is 0. The molecule has 0 unspecified atom stereocenters. The van der Waals surface area contributed by atoms with Crippen molar-refractivity contribution in [1.29, 1.82) is 0 Å². The molecule has 1 saturated carbocycles. The molecule has 0 aliphatic heterocycles. The maximum Gasteiger partial charge on any atom is -0.0321 e. The lowest BCUT2D eigenvalue weighted by molar-refractivity contribution is 0.0574. The molecule has 0 aromatic carbocycles. The van der Waals surface area contributed by atoms with Crippen LogP contribution in [0.5, 0.6) is 0 Å². The van der Waals surface area contributed by atoms with Crippen LogP contribution in [0.15, 0.2) is 0 Å². The van der Waals surface area contributed by atoms with E-state index in [2.05, 4.69) is 20.8 Å². The lowest BCUT2D eigenvalue weighted by Crippen LogP contribution is -2.34. The van der Waals surface area contributed by atoms with Crippen molar-refractivity contribution in [2.75, 3.05) is 0 Å². The van der Waals surface area contributed by atoms with Gasteiger partial charge in [0, 0.05) is 0 Å². The van der Waals surface area contributed by atoms with Crippen molar-refractivity contribution in [1.82, 2.24) is 0 Å². The highest BCUT2D eigenvalue weighted by Crippen LogP contribution is 2.50. The van der Waals surface area contributed by atoms with Crippen LogP contribution >= 0.6 is 0 Å². The molecule has 0 aromatic rings. The van der Waals surface area contributed by atoms with Crippen LogP contribution in [0.25, 0.3) is 0 Å². The first-order chi connectivity index (χ1) is 5.70. The number of unbranched alkanes of at least 4 members (excludes halogenated alkanes) is 1. The molecule has 0 heteroatoms. The largest absolute Gasteiger partial charge is 0.0654 e. The average molecular weight is 168 g/mol. The predicted octanol–water partition coefficient (Wildman–Crippen LogP) is 4.39. The highest BCUT2D eigenvalue weighted by Gasteiger charge is 2.38. The maximum atomic E-state index is 2.47. The summed E-state index contributed by atoms with van der Waals surface area (Å²) in [4.78, 5) is 0. The van der Waals surface area contributed by atoms with Gasteiger partial charge in [-0.25, -0.2) is 0 Å². The van der Waals surface area contributed by atoms with Gasteiger partial charge in [0.2, 0.25) is 0 Å². The van der Waals surface area contributed by atoms with Crippen molar-refractivity contribution in [2.24, 2.45) is 11.3 Å². The van der Waals surface area contributed by atoms with Gasteiger partial charge in [-0.2, -0.15) is 0 Å². The van der Waals surface area contributed by atoms with E-state index in [4.69, 9.17) is 0 Å². The van der Waals surface area contributed by atoms with Crippen molar-refractivity contribution < 1.29 is 0 Å². The second kappa shape index (κ2) is 4.30. The predicted molar refractivity (Wildman–Crippen MR) is 55.3 cm³/mol. The van der Waals surface area contributed by atoms with Crippen LogP contribution in [-0.2, 0) is 0 Å². The van der Waals surface area contributed by atoms with E-state index in [9.17, 15) is 0 Å². The number of hydrogen-bond acceptors (Lipinski definition) is 0. The second-order valence-electron chi connectivity index (χ2n) is 4.98. The summed E-state index contributed by atoms with van der Waals surface area (Å²) in [5.74, 6) is 1.08. The van der Waals surface area contributed by atoms with Gasteiger partial charge in [0.15, 0.2) is 0 Å². The lowest BCUT2D eigenvalue weighted by atomic mass is 9.60. The molecular weight excluding hydrogens is 144 g/mol. The minimum atomic E-state index is 0.743. The smallest absolute Gasteiger partial charge is 0.0321 e. The zero-order valence-corrected chi connectivity index (χ0v) is 9.03. The van der Waals surface area contributed by atoms with E-state index in [0.717, 1.165) is 11.3 Å². The Labute approximate surface area is 77.7 Å². The highest BCUT2D eigenvalue weighted by atomic mass is 14.4. The highest BCUT2D eigenvalue weighted by molar-refractivity contribution is 4.89. The molecule has 0 heterocycles. The van der Waals surface area contributed by atoms with E-state index in [1.54, 1.807) is 0 Å². The molecule has 72 valence electrons. The Morgan fingerprint density at radius 1 is 1.17 bits per heavy atom. The van der Waals surface area contributed by atoms with Crippen LogP contribution < -0.4 is 0 Å². The molecule has 1 aliphatic carbocycles. The number of rotatable bonds is 5. The van der Waals surface area contributed by atoms with E-state index >= 15 is 0 Å². The van der Waals surface area contributed by atoms with Crippen molar-refractivity contribution in [2.45, 2.75) is 65.7 Å². The monoisotopic (exact) mass is 168 g/mol. The second-order valence-corrected chi connectivity index (χ2v) is 4.98. The van der Waals surface area contributed by atoms with Gasteiger partial charge in [0.25, 0.3) is 0 Å². The van der Waals surface area contributed by atoms with Crippen LogP contribution in [-0.4, -0.2) is 0 Å². The molecule has 0 atom stereocenters. The van der Waals surface area contributed by atoms with Crippen molar-refractivity contribution in [3.8, 4) is 0 Å². The Bertz CT molecular complexity index is 120. The molecule has 0 saturated heterocycles. The Kier molecular flexibility index (Phi) is 3.61. The molecular formula is C12H24. The summed E-state index contributed by atoms with van der Waals surface area (Å²) in [6, 6.07) is 0. The molecule has 0 nitrogen and oxygen atoms in total. The van der Waals surface area contributed by atoms with Gasteiger partial charge in [-0.3, -0.25) is 0 Å². The third-order valence-corrected chi connectivity index (χ3v) is 3.38. The van der Waals surface area contributed by atoms with Gasteiger partial charge in [-0.05, 0) is 30.6 Å². The van der Waals surface area contributed by atoms with Gasteiger partial charge in [-0.1, -0.05) is 46.5 Å². The van der Waals surface area contributed by atoms with E-state index in [1.165, 1.54) is 44.9 Å². The first-order valence-electron chi connectivity index (χ1n) is 5.70. The van der Waals surface area contributed by atoms with E-state index in [-0.39, 0.29) is 0 Å². The summed E-state index contributed by atoms with van der Waals surface area (Å²) in [5.41, 5.74) is 0.743. The fourth-order valence-electron chi connectivity index (χ4n) is 2.84. The van der Waals surface area contributed by atoms with Gasteiger partial charge >= 0.3 is 0 Å². The third kappa shape index (κ3) is 2.50. The van der Waals surface area contributed by atoms with Crippen LogP contribution in [0.4, 0.5) is 0 Å². The van der Waals surface area contributed by atoms with Gasteiger partial charge in [0.1, 0.15) is 0 Å². The summed E-state index contributed by atoms with van der Waals surface area (Å²) in [6.07, 6.45) is 10.2. The maximum absolute atomic E-state index is 2.47. The third-order valence-electron chi connectivity index (χ3n) is 3.38. The van der Waals surface area contributed by atoms with Crippen LogP contribution in [0.3, 0.4) is 0 Å². The summed E-state index contributed by atoms with van der Waals surface area (Å²) >= 11 is 0. The van der Waals surface area contributed by atoms with E-state index in [1.807, 2.05) is 0 Å². The standard InChI is InChI=1S/C12H24/c1-4-6-7-11-9-12(3,10-11)8-5-2/h11H,4-10H2,1-3H3. The Morgan fingerprint density at radius 2 is 1.83 bits per heavy atom. The van der Waals surface area contributed by atoms with Crippen LogP contribution in [0.2, 0.25) is 0 Å². The van der Waals surface area contributed by atoms with Crippen LogP contribution in [0.1, 0.15) is 65.7 Å². The van der Waals surface area contributed by atoms with E-state index in [0.29, 0.717) is 0 Å². The SMILES string of the molecule is CCCCC1CC(C)(CCC)C1. The normalized spacial score (nSPS) is 34.8. The molecule has 0 radical (unpaired) electrons. The molecule has 0 spiro atoms. The van der Waals surface area contributed by atoms with Gasteiger partial charge in [0.05, 0.1) is 0 Å². The zero-order chi connectivity index (χ0) is 9.03. The Balaban J connectivity index is 2.09. The van der Waals surface area contributed by atoms with E-state index < -0.39 is 0 Å². The summed E-state index contributed by atoms with van der Waals surface area (Å²) in [5, 5.41) is 0. The summed E-state index contributed by atoms with van der Waals surface area (Å²) in [6.45, 7) is 7.08. The fourth-order valence-corrected chi connectivity index (χ4v) is 2.84. The molecule has 1 rings (SSSR count). The molecule has 0 aromatic heterocycles. The van der Waals surface area contributed by atoms with Crippen LogP contribution in [0, 0.1) is 11.3 Å². The fraction of sp³-hybridized carbons (Fsp3) is 1.00. The topological polar surface area (TPSA) is 0 Å².